The maximum atomic E-state index is 12.6. The Hall–Kier alpha value is -2.16. The van der Waals surface area contributed by atoms with Gasteiger partial charge < -0.3 is 26.4 Å². The number of hydrogen-bond donors (Lipinski definition) is 4. The lowest BCUT2D eigenvalue weighted by Gasteiger charge is -2.27. The van der Waals surface area contributed by atoms with E-state index in [4.69, 9.17) is 10.8 Å². The minimum atomic E-state index is -1.12. The summed E-state index contributed by atoms with van der Waals surface area (Å²) in [5.74, 6) is -2.75. The van der Waals surface area contributed by atoms with Crippen LogP contribution in [0.4, 0.5) is 0 Å². The van der Waals surface area contributed by atoms with Gasteiger partial charge in [0.05, 0.1) is 12.5 Å². The average molecular weight is 326 g/mol. The van der Waals surface area contributed by atoms with Gasteiger partial charge in [-0.05, 0) is 32.2 Å². The third kappa shape index (κ3) is 4.19. The van der Waals surface area contributed by atoms with Gasteiger partial charge in [0.1, 0.15) is 12.1 Å². The molecule has 2 aliphatic rings. The molecule has 2 aliphatic heterocycles. The molecule has 5 N–H and O–H groups in total. The molecule has 0 aliphatic carbocycles. The molecule has 3 amide bonds. The quantitative estimate of drug-likeness (QED) is 0.452. The fourth-order valence-corrected chi connectivity index (χ4v) is 3.07. The molecule has 0 aromatic carbocycles. The third-order valence-electron chi connectivity index (χ3n) is 4.22. The van der Waals surface area contributed by atoms with Gasteiger partial charge in [0.15, 0.2) is 0 Å². The highest BCUT2D eigenvalue weighted by atomic mass is 16.4. The highest BCUT2D eigenvalue weighted by Gasteiger charge is 2.38. The van der Waals surface area contributed by atoms with Crippen molar-refractivity contribution in [3.8, 4) is 0 Å². The number of carbonyl (C=O) groups is 4. The number of primary amides is 1. The molecule has 128 valence electrons. The molecule has 2 rings (SSSR count). The van der Waals surface area contributed by atoms with Gasteiger partial charge in [0.2, 0.25) is 17.7 Å². The summed E-state index contributed by atoms with van der Waals surface area (Å²) >= 11 is 0. The minimum Gasteiger partial charge on any atom is -0.480 e. The first-order valence-electron chi connectivity index (χ1n) is 7.75. The number of aliphatic carboxylic acids is 1. The number of amides is 3. The van der Waals surface area contributed by atoms with Crippen molar-refractivity contribution < 1.29 is 24.3 Å². The summed E-state index contributed by atoms with van der Waals surface area (Å²) in [6.45, 7) is 1.02. The topological polar surface area (TPSA) is 142 Å². The molecule has 2 heterocycles. The van der Waals surface area contributed by atoms with Crippen LogP contribution in [0, 0.1) is 0 Å². The summed E-state index contributed by atoms with van der Waals surface area (Å²) in [5.41, 5.74) is 5.16. The standard InChI is InChI=1S/C14H22N4O5/c15-11(19)7-9(17-12(20)8-3-1-5-16-8)13(21)18-6-2-4-10(18)14(22)23/h8-10,16H,1-7H2,(H2,15,19)(H,17,20)(H,22,23). The summed E-state index contributed by atoms with van der Waals surface area (Å²) in [6, 6.07) is -2.44. The Morgan fingerprint density at radius 2 is 2.00 bits per heavy atom. The molecule has 9 heteroatoms. The van der Waals surface area contributed by atoms with Crippen molar-refractivity contribution in [1.82, 2.24) is 15.5 Å². The van der Waals surface area contributed by atoms with Gasteiger partial charge in [-0.25, -0.2) is 4.79 Å². The number of nitrogens with one attached hydrogen (secondary N) is 2. The molecular formula is C14H22N4O5. The van der Waals surface area contributed by atoms with Crippen LogP contribution >= 0.6 is 0 Å². The van der Waals surface area contributed by atoms with Crippen LogP contribution in [0.25, 0.3) is 0 Å². The van der Waals surface area contributed by atoms with Crippen molar-refractivity contribution in [3.63, 3.8) is 0 Å². The maximum absolute atomic E-state index is 12.6. The molecule has 3 unspecified atom stereocenters. The molecule has 9 nitrogen and oxygen atoms in total. The lowest BCUT2D eigenvalue weighted by molar-refractivity contribution is -0.149. The van der Waals surface area contributed by atoms with Crippen LogP contribution in [0.1, 0.15) is 32.1 Å². The molecule has 3 atom stereocenters. The van der Waals surface area contributed by atoms with E-state index in [2.05, 4.69) is 10.6 Å². The van der Waals surface area contributed by atoms with Gasteiger partial charge in [-0.2, -0.15) is 0 Å². The van der Waals surface area contributed by atoms with Gasteiger partial charge in [0, 0.05) is 6.54 Å². The van der Waals surface area contributed by atoms with Crippen LogP contribution in [0.15, 0.2) is 0 Å². The molecule has 0 aromatic heterocycles. The molecule has 0 radical (unpaired) electrons. The summed E-state index contributed by atoms with van der Waals surface area (Å²) in [6.07, 6.45) is 2.11. The van der Waals surface area contributed by atoms with Crippen molar-refractivity contribution in [3.05, 3.63) is 0 Å². The van der Waals surface area contributed by atoms with Crippen molar-refractivity contribution in [1.29, 1.82) is 0 Å². The van der Waals surface area contributed by atoms with Crippen molar-refractivity contribution in [2.24, 2.45) is 5.73 Å². The van der Waals surface area contributed by atoms with Crippen LogP contribution in [-0.2, 0) is 19.2 Å². The average Bonchev–Trinajstić information content (AvgIpc) is 3.16. The molecule has 0 saturated carbocycles. The second-order valence-electron chi connectivity index (χ2n) is 5.91. The summed E-state index contributed by atoms with van der Waals surface area (Å²) in [5, 5.41) is 14.7. The molecule has 0 spiro atoms. The Balaban J connectivity index is 2.07. The van der Waals surface area contributed by atoms with Crippen molar-refractivity contribution >= 4 is 23.7 Å². The Bertz CT molecular complexity index is 503. The number of nitrogens with zero attached hydrogens (tertiary/aromatic N) is 1. The zero-order valence-electron chi connectivity index (χ0n) is 12.8. The normalized spacial score (nSPS) is 25.1. The number of likely N-dealkylation sites (tertiary alicyclic amines) is 1. The predicted octanol–water partition coefficient (Wildman–Crippen LogP) is -1.83. The Labute approximate surface area is 133 Å². The second kappa shape index (κ2) is 7.40. The Kier molecular flexibility index (Phi) is 5.54. The van der Waals surface area contributed by atoms with Gasteiger partial charge in [-0.3, -0.25) is 14.4 Å². The Morgan fingerprint density at radius 3 is 2.57 bits per heavy atom. The summed E-state index contributed by atoms with van der Waals surface area (Å²) in [4.78, 5) is 48.4. The van der Waals surface area contributed by atoms with E-state index in [0.29, 0.717) is 25.8 Å². The van der Waals surface area contributed by atoms with Crippen LogP contribution in [0.2, 0.25) is 0 Å². The Morgan fingerprint density at radius 1 is 1.26 bits per heavy atom. The fraction of sp³-hybridized carbons (Fsp3) is 0.714. The highest BCUT2D eigenvalue weighted by molar-refractivity contribution is 5.95. The smallest absolute Gasteiger partial charge is 0.326 e. The van der Waals surface area contributed by atoms with E-state index < -0.39 is 35.9 Å². The second-order valence-corrected chi connectivity index (χ2v) is 5.91. The van der Waals surface area contributed by atoms with Crippen LogP contribution < -0.4 is 16.4 Å². The molecule has 2 fully saturated rings. The van der Waals surface area contributed by atoms with Crippen LogP contribution in [0.3, 0.4) is 0 Å². The predicted molar refractivity (Wildman–Crippen MR) is 79.1 cm³/mol. The van der Waals surface area contributed by atoms with E-state index in [-0.39, 0.29) is 12.3 Å². The molecule has 0 aromatic rings. The number of rotatable bonds is 6. The zero-order valence-corrected chi connectivity index (χ0v) is 12.8. The molecular weight excluding hydrogens is 304 g/mol. The van der Waals surface area contributed by atoms with Gasteiger partial charge in [0.25, 0.3) is 0 Å². The number of hydrogen-bond acceptors (Lipinski definition) is 5. The highest BCUT2D eigenvalue weighted by Crippen LogP contribution is 2.19. The van der Waals surface area contributed by atoms with Crippen LogP contribution in [0.5, 0.6) is 0 Å². The fourth-order valence-electron chi connectivity index (χ4n) is 3.07. The lowest BCUT2D eigenvalue weighted by atomic mass is 10.1. The van der Waals surface area contributed by atoms with E-state index >= 15 is 0 Å². The number of carboxylic acids is 1. The molecule has 2 saturated heterocycles. The largest absolute Gasteiger partial charge is 0.480 e. The van der Waals surface area contributed by atoms with Gasteiger partial charge in [-0.15, -0.1) is 0 Å². The van der Waals surface area contributed by atoms with Gasteiger partial charge >= 0.3 is 5.97 Å². The van der Waals surface area contributed by atoms with Gasteiger partial charge in [-0.1, -0.05) is 0 Å². The minimum absolute atomic E-state index is 0.294. The zero-order chi connectivity index (χ0) is 17.0. The van der Waals surface area contributed by atoms with E-state index in [9.17, 15) is 19.2 Å². The van der Waals surface area contributed by atoms with E-state index in [1.807, 2.05) is 0 Å². The van der Waals surface area contributed by atoms with Crippen LogP contribution in [-0.4, -0.2) is 64.9 Å². The number of nitrogens with two attached hydrogens (primary N) is 1. The van der Waals surface area contributed by atoms with E-state index in [1.165, 1.54) is 4.90 Å². The SMILES string of the molecule is NC(=O)CC(NC(=O)C1CCCN1)C(=O)N1CCCC1C(=O)O. The van der Waals surface area contributed by atoms with Crippen molar-refractivity contribution in [2.75, 3.05) is 13.1 Å². The maximum Gasteiger partial charge on any atom is 0.326 e. The monoisotopic (exact) mass is 326 g/mol. The summed E-state index contributed by atoms with van der Waals surface area (Å²) < 4.78 is 0. The van der Waals surface area contributed by atoms with E-state index in [0.717, 1.165) is 13.0 Å². The molecule has 0 bridgehead atoms. The first-order chi connectivity index (χ1) is 10.9. The first kappa shape index (κ1) is 17.2. The first-order valence-corrected chi connectivity index (χ1v) is 7.75. The number of carbonyl (C=O) groups excluding carboxylic acids is 3. The number of carboxylic acid groups (broad SMARTS) is 1. The third-order valence-corrected chi connectivity index (χ3v) is 4.22. The van der Waals surface area contributed by atoms with E-state index in [1.54, 1.807) is 0 Å². The van der Waals surface area contributed by atoms with Crippen molar-refractivity contribution in [2.45, 2.75) is 50.2 Å². The molecule has 23 heavy (non-hydrogen) atoms. The lowest BCUT2D eigenvalue weighted by Crippen LogP contribution is -2.55. The summed E-state index contributed by atoms with van der Waals surface area (Å²) in [7, 11) is 0.